The zero-order chi connectivity index (χ0) is 19.1. The van der Waals surface area contributed by atoms with Gasteiger partial charge in [0.25, 0.3) is 0 Å². The van der Waals surface area contributed by atoms with Gasteiger partial charge in [0.1, 0.15) is 11.5 Å². The van der Waals surface area contributed by atoms with Crippen molar-refractivity contribution in [1.82, 2.24) is 0 Å². The second kappa shape index (κ2) is 6.78. The average Bonchev–Trinajstić information content (AvgIpc) is 2.68. The molecule has 0 radical (unpaired) electrons. The predicted octanol–water partition coefficient (Wildman–Crippen LogP) is 3.53. The molecular formula is C21H22O6. The van der Waals surface area contributed by atoms with E-state index in [1.54, 1.807) is 6.07 Å². The molecule has 1 saturated carbocycles. The highest BCUT2D eigenvalue weighted by Gasteiger charge is 2.39. The Kier molecular flexibility index (Phi) is 4.44. The van der Waals surface area contributed by atoms with E-state index < -0.39 is 29.5 Å². The number of ether oxygens (including phenoxy) is 1. The normalized spacial score (nSPS) is 22.9. The molecule has 2 aromatic rings. The molecule has 27 heavy (non-hydrogen) atoms. The summed E-state index contributed by atoms with van der Waals surface area (Å²) in [7, 11) is 0. The van der Waals surface area contributed by atoms with Crippen LogP contribution in [0, 0.1) is 0 Å². The van der Waals surface area contributed by atoms with Crippen molar-refractivity contribution in [2.24, 2.45) is 0 Å². The van der Waals surface area contributed by atoms with Gasteiger partial charge in [0, 0.05) is 11.6 Å². The first-order valence-electron chi connectivity index (χ1n) is 9.23. The molecule has 0 bridgehead atoms. The van der Waals surface area contributed by atoms with Crippen LogP contribution in [0.1, 0.15) is 65.6 Å². The molecule has 2 unspecified atom stereocenters. The Balaban J connectivity index is 1.71. The van der Waals surface area contributed by atoms with E-state index in [-0.39, 0.29) is 11.3 Å². The van der Waals surface area contributed by atoms with E-state index in [9.17, 15) is 25.2 Å². The molecule has 4 rings (SSSR count). The summed E-state index contributed by atoms with van der Waals surface area (Å²) in [6.45, 7) is 0. The van der Waals surface area contributed by atoms with E-state index in [1.165, 1.54) is 19.3 Å². The summed E-state index contributed by atoms with van der Waals surface area (Å²) in [6, 6.07) is 7.52. The highest BCUT2D eigenvalue weighted by atomic mass is 16.5. The van der Waals surface area contributed by atoms with Crippen molar-refractivity contribution in [3.05, 3.63) is 47.0 Å². The number of hydrogen-bond acceptors (Lipinski definition) is 6. The van der Waals surface area contributed by atoms with Gasteiger partial charge in [-0.15, -0.1) is 0 Å². The summed E-state index contributed by atoms with van der Waals surface area (Å²) >= 11 is 0. The molecule has 2 aliphatic rings. The number of phenolic OH excluding ortho intramolecular Hbond substituents is 3. The highest BCUT2D eigenvalue weighted by Crippen LogP contribution is 2.43. The summed E-state index contributed by atoms with van der Waals surface area (Å²) in [5.74, 6) is -1.03. The van der Waals surface area contributed by atoms with Crippen molar-refractivity contribution in [1.29, 1.82) is 0 Å². The van der Waals surface area contributed by atoms with Crippen LogP contribution in [0.5, 0.6) is 23.0 Å². The van der Waals surface area contributed by atoms with Gasteiger partial charge in [-0.3, -0.25) is 4.79 Å². The fraction of sp³-hybridized carbons (Fsp3) is 0.381. The third-order valence-corrected chi connectivity index (χ3v) is 5.59. The Hall–Kier alpha value is -2.73. The molecule has 2 aromatic carbocycles. The molecule has 6 heteroatoms. The second-order valence-corrected chi connectivity index (χ2v) is 7.34. The van der Waals surface area contributed by atoms with E-state index in [2.05, 4.69) is 0 Å². The molecule has 142 valence electrons. The summed E-state index contributed by atoms with van der Waals surface area (Å²) in [6.07, 6.45) is 3.13. The zero-order valence-electron chi connectivity index (χ0n) is 14.8. The Labute approximate surface area is 156 Å². The number of aliphatic hydroxyl groups excluding tert-OH is 1. The minimum Gasteiger partial charge on any atom is -0.507 e. The number of ketones is 1. The Morgan fingerprint density at radius 3 is 2.33 bits per heavy atom. The number of benzene rings is 2. The Morgan fingerprint density at radius 1 is 0.889 bits per heavy atom. The molecular weight excluding hydrogens is 348 g/mol. The minimum atomic E-state index is -1.52. The number of Topliss-reactive ketones (excluding diaryl/α,β-unsaturated/α-hetero) is 1. The van der Waals surface area contributed by atoms with Crippen molar-refractivity contribution in [3.63, 3.8) is 0 Å². The van der Waals surface area contributed by atoms with Gasteiger partial charge in [0.05, 0.1) is 5.56 Å². The van der Waals surface area contributed by atoms with E-state index in [0.29, 0.717) is 17.2 Å². The smallest absolute Gasteiger partial charge is 0.199 e. The van der Waals surface area contributed by atoms with Crippen LogP contribution in [-0.4, -0.2) is 32.3 Å². The molecule has 6 nitrogen and oxygen atoms in total. The first-order chi connectivity index (χ1) is 13.0. The number of phenols is 3. The Bertz CT molecular complexity index is 884. The van der Waals surface area contributed by atoms with Crippen LogP contribution < -0.4 is 4.74 Å². The van der Waals surface area contributed by atoms with Gasteiger partial charge in [-0.2, -0.15) is 0 Å². The number of aliphatic hydroxyl groups is 1. The molecule has 0 aromatic heterocycles. The average molecular weight is 370 g/mol. The number of aromatic hydroxyl groups is 3. The first kappa shape index (κ1) is 17.7. The van der Waals surface area contributed by atoms with Crippen molar-refractivity contribution < 1.29 is 30.0 Å². The van der Waals surface area contributed by atoms with Gasteiger partial charge in [0.2, 0.25) is 0 Å². The van der Waals surface area contributed by atoms with E-state index in [4.69, 9.17) is 4.74 Å². The van der Waals surface area contributed by atoms with Gasteiger partial charge in [-0.05, 0) is 42.5 Å². The molecule has 2 atom stereocenters. The minimum absolute atomic E-state index is 0.0415. The number of carbonyl (C=O) groups is 1. The maximum Gasteiger partial charge on any atom is 0.199 e. The maximum atomic E-state index is 12.6. The van der Waals surface area contributed by atoms with Crippen molar-refractivity contribution >= 4 is 5.78 Å². The quantitative estimate of drug-likeness (QED) is 0.476. The monoisotopic (exact) mass is 370 g/mol. The van der Waals surface area contributed by atoms with Gasteiger partial charge >= 0.3 is 0 Å². The third kappa shape index (κ3) is 3.10. The molecule has 1 aliphatic carbocycles. The maximum absolute atomic E-state index is 12.6. The van der Waals surface area contributed by atoms with Crippen LogP contribution in [0.4, 0.5) is 0 Å². The van der Waals surface area contributed by atoms with Crippen molar-refractivity contribution in [2.45, 2.75) is 50.2 Å². The molecule has 4 N–H and O–H groups in total. The predicted molar refractivity (Wildman–Crippen MR) is 97.4 cm³/mol. The van der Waals surface area contributed by atoms with Crippen LogP contribution in [0.3, 0.4) is 0 Å². The van der Waals surface area contributed by atoms with Crippen LogP contribution in [0.15, 0.2) is 30.3 Å². The van der Waals surface area contributed by atoms with Gasteiger partial charge < -0.3 is 25.2 Å². The molecule has 0 amide bonds. The van der Waals surface area contributed by atoms with Crippen molar-refractivity contribution in [3.8, 4) is 23.0 Å². The topological polar surface area (TPSA) is 107 Å². The zero-order valence-corrected chi connectivity index (χ0v) is 14.8. The number of rotatable bonds is 2. The van der Waals surface area contributed by atoms with Crippen LogP contribution in [-0.2, 0) is 0 Å². The Morgan fingerprint density at radius 2 is 1.59 bits per heavy atom. The van der Waals surface area contributed by atoms with Gasteiger partial charge in [-0.25, -0.2) is 0 Å². The van der Waals surface area contributed by atoms with Crippen LogP contribution in [0.2, 0.25) is 0 Å². The van der Waals surface area contributed by atoms with E-state index >= 15 is 0 Å². The van der Waals surface area contributed by atoms with Crippen LogP contribution in [0.25, 0.3) is 0 Å². The van der Waals surface area contributed by atoms with E-state index in [1.807, 2.05) is 12.1 Å². The molecule has 1 fully saturated rings. The molecule has 1 aliphatic heterocycles. The molecule has 0 saturated heterocycles. The van der Waals surface area contributed by atoms with Crippen LogP contribution >= 0.6 is 0 Å². The lowest BCUT2D eigenvalue weighted by molar-refractivity contribution is 0.0207. The lowest BCUT2D eigenvalue weighted by Crippen LogP contribution is -2.36. The second-order valence-electron chi connectivity index (χ2n) is 7.34. The summed E-state index contributed by atoms with van der Waals surface area (Å²) in [4.78, 5) is 12.6. The molecule has 1 heterocycles. The molecule has 0 spiro atoms. The fourth-order valence-electron chi connectivity index (χ4n) is 4.07. The largest absolute Gasteiger partial charge is 0.507 e. The first-order valence-corrected chi connectivity index (χ1v) is 9.23. The number of carbonyl (C=O) groups excluding carboxylic acids is 1. The van der Waals surface area contributed by atoms with Gasteiger partial charge in [-0.1, -0.05) is 25.3 Å². The number of hydrogen-bond donors (Lipinski definition) is 4. The van der Waals surface area contributed by atoms with E-state index in [0.717, 1.165) is 30.5 Å². The lowest BCUT2D eigenvalue weighted by atomic mass is 9.83. The summed E-state index contributed by atoms with van der Waals surface area (Å²) < 4.78 is 5.88. The highest BCUT2D eigenvalue weighted by molar-refractivity contribution is 6.03. The third-order valence-electron chi connectivity index (χ3n) is 5.59. The van der Waals surface area contributed by atoms with Crippen molar-refractivity contribution in [2.75, 3.05) is 0 Å². The SMILES string of the molecule is O=C1c2ccc(C3CCCCC3)cc2OC(c2cc(O)c(O)cc2O)C1O. The summed E-state index contributed by atoms with van der Waals surface area (Å²) in [5.41, 5.74) is 1.45. The number of fused-ring (bicyclic) bond motifs is 1. The summed E-state index contributed by atoms with van der Waals surface area (Å²) in [5, 5.41) is 39.7. The standard InChI is InChI=1S/C21H22O6/c22-15-10-17(24)16(23)9-14(15)21-20(26)19(25)13-7-6-12(8-18(13)27-21)11-4-2-1-3-5-11/h6-11,20-24,26H,1-5H2. The lowest BCUT2D eigenvalue weighted by Gasteiger charge is -2.31. The van der Waals surface area contributed by atoms with Gasteiger partial charge in [0.15, 0.2) is 29.5 Å². The fourth-order valence-corrected chi connectivity index (χ4v) is 4.07.